The summed E-state index contributed by atoms with van der Waals surface area (Å²) >= 11 is 2.13. The monoisotopic (exact) mass is 130 g/mol. The molecule has 0 bridgehead atoms. The lowest BCUT2D eigenvalue weighted by atomic mass is 10.1. The van der Waals surface area contributed by atoms with E-state index in [0.29, 0.717) is 0 Å². The van der Waals surface area contributed by atoms with E-state index in [1.165, 1.54) is 18.6 Å². The van der Waals surface area contributed by atoms with Crippen LogP contribution in [0.25, 0.3) is 0 Å². The molecule has 0 spiro atoms. The number of hydrogen-bond donors (Lipinski definition) is 0. The molecular formula is C7H14S. The molecule has 0 N–H and O–H groups in total. The largest absolute Gasteiger partial charge is 0.159 e. The van der Waals surface area contributed by atoms with E-state index >= 15 is 0 Å². The van der Waals surface area contributed by atoms with Crippen molar-refractivity contribution in [2.45, 2.75) is 31.9 Å². The van der Waals surface area contributed by atoms with Crippen molar-refractivity contribution in [3.8, 4) is 0 Å². The topological polar surface area (TPSA) is 0 Å². The van der Waals surface area contributed by atoms with Crippen LogP contribution in [0, 0.1) is 5.92 Å². The second-order valence-electron chi connectivity index (χ2n) is 2.83. The van der Waals surface area contributed by atoms with Gasteiger partial charge in [0.2, 0.25) is 0 Å². The molecular weight excluding hydrogens is 116 g/mol. The molecule has 8 heavy (non-hydrogen) atoms. The smallest absolute Gasteiger partial charge is 0.00189 e. The van der Waals surface area contributed by atoms with Crippen LogP contribution in [0.15, 0.2) is 0 Å². The van der Waals surface area contributed by atoms with E-state index in [-0.39, 0.29) is 0 Å². The summed E-state index contributed by atoms with van der Waals surface area (Å²) in [5.74, 6) is 2.37. The van der Waals surface area contributed by atoms with E-state index < -0.39 is 0 Å². The zero-order chi connectivity index (χ0) is 5.98. The Balaban J connectivity index is 2.19. The number of hydrogen-bond acceptors (Lipinski definition) is 1. The van der Waals surface area contributed by atoms with Gasteiger partial charge in [-0.3, -0.25) is 0 Å². The fraction of sp³-hybridized carbons (Fsp3) is 1.00. The minimum Gasteiger partial charge on any atom is -0.159 e. The molecule has 0 aromatic rings. The Bertz CT molecular complexity index is 52.8. The molecule has 0 aliphatic carbocycles. The molecule has 1 aliphatic rings. The first-order valence-corrected chi connectivity index (χ1v) is 4.45. The van der Waals surface area contributed by atoms with E-state index in [1.54, 1.807) is 0 Å². The van der Waals surface area contributed by atoms with Crippen molar-refractivity contribution >= 4 is 11.8 Å². The third-order valence-electron chi connectivity index (χ3n) is 1.73. The highest BCUT2D eigenvalue weighted by atomic mass is 32.2. The summed E-state index contributed by atoms with van der Waals surface area (Å²) in [6.07, 6.45) is 2.89. The predicted molar refractivity (Wildman–Crippen MR) is 40.3 cm³/mol. The Kier molecular flexibility index (Phi) is 2.24. The van der Waals surface area contributed by atoms with Crippen molar-refractivity contribution in [2.24, 2.45) is 5.92 Å². The van der Waals surface area contributed by atoms with Crippen molar-refractivity contribution in [1.82, 2.24) is 0 Å². The third kappa shape index (κ3) is 1.70. The molecule has 1 heterocycles. The Morgan fingerprint density at radius 3 is 2.38 bits per heavy atom. The standard InChI is InChI=1S/C7H14S/c1-6-3-4-7(2)8-5-6/h6-7H,3-5H2,1-2H3/t6-,7?/m0/s1. The molecule has 1 saturated heterocycles. The SMILES string of the molecule is CC1CC[C@H](C)CS1. The third-order valence-corrected chi connectivity index (χ3v) is 3.30. The van der Waals surface area contributed by atoms with Gasteiger partial charge in [0, 0.05) is 5.25 Å². The van der Waals surface area contributed by atoms with Crippen LogP contribution in [0.4, 0.5) is 0 Å². The molecule has 0 radical (unpaired) electrons. The van der Waals surface area contributed by atoms with Gasteiger partial charge in [-0.05, 0) is 24.5 Å². The van der Waals surface area contributed by atoms with Crippen molar-refractivity contribution in [3.63, 3.8) is 0 Å². The molecule has 2 atom stereocenters. The van der Waals surface area contributed by atoms with Crippen molar-refractivity contribution in [3.05, 3.63) is 0 Å². The molecule has 1 aliphatic heterocycles. The van der Waals surface area contributed by atoms with Gasteiger partial charge in [0.05, 0.1) is 0 Å². The molecule has 0 nitrogen and oxygen atoms in total. The quantitative estimate of drug-likeness (QED) is 0.485. The first-order valence-electron chi connectivity index (χ1n) is 3.40. The summed E-state index contributed by atoms with van der Waals surface area (Å²) < 4.78 is 0. The maximum Gasteiger partial charge on any atom is 0.00189 e. The maximum absolute atomic E-state index is 2.35. The van der Waals surface area contributed by atoms with Gasteiger partial charge < -0.3 is 0 Å². The second kappa shape index (κ2) is 2.77. The average molecular weight is 130 g/mol. The summed E-state index contributed by atoms with van der Waals surface area (Å²) in [6, 6.07) is 0. The molecule has 0 saturated carbocycles. The molecule has 0 aromatic heterocycles. The number of thioether (sulfide) groups is 1. The highest BCUT2D eigenvalue weighted by Gasteiger charge is 2.13. The average Bonchev–Trinajstić information content (AvgIpc) is 1.77. The Morgan fingerprint density at radius 2 is 2.00 bits per heavy atom. The van der Waals surface area contributed by atoms with Gasteiger partial charge in [0.25, 0.3) is 0 Å². The lowest BCUT2D eigenvalue weighted by Crippen LogP contribution is -2.12. The van der Waals surface area contributed by atoms with Gasteiger partial charge in [-0.2, -0.15) is 11.8 Å². The van der Waals surface area contributed by atoms with Gasteiger partial charge in [-0.25, -0.2) is 0 Å². The predicted octanol–water partition coefficient (Wildman–Crippen LogP) is 2.54. The summed E-state index contributed by atoms with van der Waals surface area (Å²) in [5.41, 5.74) is 0. The van der Waals surface area contributed by atoms with Crippen LogP contribution in [0.3, 0.4) is 0 Å². The van der Waals surface area contributed by atoms with Crippen molar-refractivity contribution < 1.29 is 0 Å². The van der Waals surface area contributed by atoms with Gasteiger partial charge in [-0.1, -0.05) is 13.8 Å². The highest BCUT2D eigenvalue weighted by Crippen LogP contribution is 2.27. The van der Waals surface area contributed by atoms with Crippen LogP contribution in [-0.4, -0.2) is 11.0 Å². The summed E-state index contributed by atoms with van der Waals surface area (Å²) in [5, 5.41) is 0.936. The Hall–Kier alpha value is 0.350. The summed E-state index contributed by atoms with van der Waals surface area (Å²) in [4.78, 5) is 0. The normalized spacial score (nSPS) is 39.8. The molecule has 1 rings (SSSR count). The van der Waals surface area contributed by atoms with E-state index in [1.807, 2.05) is 0 Å². The first-order chi connectivity index (χ1) is 3.79. The molecule has 48 valence electrons. The van der Waals surface area contributed by atoms with Crippen molar-refractivity contribution in [1.29, 1.82) is 0 Å². The fourth-order valence-corrected chi connectivity index (χ4v) is 2.14. The Morgan fingerprint density at radius 1 is 1.25 bits per heavy atom. The molecule has 1 unspecified atom stereocenters. The van der Waals surface area contributed by atoms with E-state index in [0.717, 1.165) is 11.2 Å². The van der Waals surface area contributed by atoms with E-state index in [4.69, 9.17) is 0 Å². The maximum atomic E-state index is 2.35. The van der Waals surface area contributed by atoms with Crippen LogP contribution in [0.1, 0.15) is 26.7 Å². The van der Waals surface area contributed by atoms with Gasteiger partial charge in [0.1, 0.15) is 0 Å². The summed E-state index contributed by atoms with van der Waals surface area (Å²) in [7, 11) is 0. The number of rotatable bonds is 0. The van der Waals surface area contributed by atoms with E-state index in [9.17, 15) is 0 Å². The van der Waals surface area contributed by atoms with Gasteiger partial charge in [-0.15, -0.1) is 0 Å². The molecule has 1 heteroatoms. The fourth-order valence-electron chi connectivity index (χ4n) is 1.01. The van der Waals surface area contributed by atoms with Crippen molar-refractivity contribution in [2.75, 3.05) is 5.75 Å². The molecule has 1 fully saturated rings. The lowest BCUT2D eigenvalue weighted by molar-refractivity contribution is 0.542. The second-order valence-corrected chi connectivity index (χ2v) is 4.30. The Labute approximate surface area is 56.0 Å². The van der Waals surface area contributed by atoms with Crippen LogP contribution >= 0.6 is 11.8 Å². The zero-order valence-corrected chi connectivity index (χ0v) is 6.50. The summed E-state index contributed by atoms with van der Waals surface area (Å²) in [6.45, 7) is 4.68. The zero-order valence-electron chi connectivity index (χ0n) is 5.68. The van der Waals surface area contributed by atoms with Crippen LogP contribution in [0.5, 0.6) is 0 Å². The minimum atomic E-state index is 0.936. The molecule has 0 aromatic carbocycles. The van der Waals surface area contributed by atoms with Crippen LogP contribution < -0.4 is 0 Å². The molecule has 0 amide bonds. The first kappa shape index (κ1) is 6.47. The minimum absolute atomic E-state index is 0.936. The van der Waals surface area contributed by atoms with Gasteiger partial charge >= 0.3 is 0 Å². The van der Waals surface area contributed by atoms with E-state index in [2.05, 4.69) is 25.6 Å². The highest BCUT2D eigenvalue weighted by molar-refractivity contribution is 7.99. The van der Waals surface area contributed by atoms with Crippen LogP contribution in [0.2, 0.25) is 0 Å². The van der Waals surface area contributed by atoms with Gasteiger partial charge in [0.15, 0.2) is 0 Å². The van der Waals surface area contributed by atoms with Crippen LogP contribution in [-0.2, 0) is 0 Å². The lowest BCUT2D eigenvalue weighted by Gasteiger charge is -2.22.